The Morgan fingerprint density at radius 1 is 1.05 bits per heavy atom. The summed E-state index contributed by atoms with van der Waals surface area (Å²) in [5.74, 6) is -0.852. The van der Waals surface area contributed by atoms with Crippen LogP contribution in [0.15, 0.2) is 60.7 Å². The number of carbonyl (C=O) groups is 1. The summed E-state index contributed by atoms with van der Waals surface area (Å²) < 4.78 is 1.23. The van der Waals surface area contributed by atoms with Gasteiger partial charge in [-0.3, -0.25) is 0 Å². The molecule has 20 heavy (non-hydrogen) atoms. The molecule has 104 valence electrons. The Balaban J connectivity index is 2.22. The first-order chi connectivity index (χ1) is 9.66. The fourth-order valence-electron chi connectivity index (χ4n) is 1.91. The quantitative estimate of drug-likeness (QED) is 0.640. The van der Waals surface area contributed by atoms with Gasteiger partial charge in [0.25, 0.3) is 0 Å². The Labute approximate surface area is 129 Å². The van der Waals surface area contributed by atoms with Crippen LogP contribution in [0.2, 0.25) is 0 Å². The molecule has 1 N–H and O–H groups in total. The van der Waals surface area contributed by atoms with Gasteiger partial charge in [-0.15, -0.1) is 0 Å². The third kappa shape index (κ3) is 4.38. The number of rotatable bonds is 6. The van der Waals surface area contributed by atoms with Gasteiger partial charge in [0, 0.05) is 0 Å². The number of halogens is 1. The topological polar surface area (TPSA) is 37.3 Å². The molecule has 2 aromatic rings. The Bertz CT molecular complexity index is 545. The summed E-state index contributed by atoms with van der Waals surface area (Å²) >= 11 is 6.46. The maximum atomic E-state index is 10.9. The van der Waals surface area contributed by atoms with Crippen LogP contribution in [0, 0.1) is 0 Å². The molecule has 0 saturated carbocycles. The SMILES string of the molecule is O=C(O)C[C@H](Cl)[C@H]([Se]c1ccccc1)c1ccccc1. The summed E-state index contributed by atoms with van der Waals surface area (Å²) in [6.45, 7) is 0. The van der Waals surface area contributed by atoms with Crippen LogP contribution in [-0.4, -0.2) is 31.4 Å². The molecule has 2 nitrogen and oxygen atoms in total. The number of hydrogen-bond donors (Lipinski definition) is 1. The summed E-state index contributed by atoms with van der Waals surface area (Å²) in [5, 5.41) is 8.57. The molecule has 2 aromatic carbocycles. The zero-order chi connectivity index (χ0) is 14.4. The molecule has 0 unspecified atom stereocenters. The van der Waals surface area contributed by atoms with Crippen LogP contribution in [0.3, 0.4) is 0 Å². The summed E-state index contributed by atoms with van der Waals surface area (Å²) in [4.78, 5) is 11.0. The average molecular weight is 354 g/mol. The van der Waals surface area contributed by atoms with E-state index in [9.17, 15) is 4.79 Å². The van der Waals surface area contributed by atoms with Crippen LogP contribution in [0.5, 0.6) is 0 Å². The average Bonchev–Trinajstić information content (AvgIpc) is 2.46. The van der Waals surface area contributed by atoms with Crippen LogP contribution in [0.25, 0.3) is 0 Å². The van der Waals surface area contributed by atoms with Gasteiger partial charge in [-0.1, -0.05) is 0 Å². The van der Waals surface area contributed by atoms with Crippen molar-refractivity contribution in [3.63, 3.8) is 0 Å². The van der Waals surface area contributed by atoms with E-state index in [2.05, 4.69) is 12.1 Å². The fourth-order valence-corrected chi connectivity index (χ4v) is 4.86. The predicted molar refractivity (Wildman–Crippen MR) is 82.9 cm³/mol. The molecule has 0 spiro atoms. The normalized spacial score (nSPS) is 13.7. The Hall–Kier alpha value is -1.28. The first-order valence-corrected chi connectivity index (χ1v) is 8.57. The molecule has 0 aliphatic rings. The standard InChI is InChI=1S/C16H15ClO2Se/c17-14(11-15(18)19)16(12-7-3-1-4-8-12)20-13-9-5-2-6-10-13/h1-10,14,16H,11H2,(H,18,19)/t14-,16+/m0/s1. The van der Waals surface area contributed by atoms with E-state index < -0.39 is 11.3 Å². The van der Waals surface area contributed by atoms with Gasteiger partial charge in [0.1, 0.15) is 0 Å². The Morgan fingerprint density at radius 2 is 1.60 bits per heavy atom. The monoisotopic (exact) mass is 354 g/mol. The first kappa shape index (κ1) is 15.1. The van der Waals surface area contributed by atoms with Crippen LogP contribution in [0.1, 0.15) is 16.8 Å². The van der Waals surface area contributed by atoms with Crippen molar-refractivity contribution in [1.82, 2.24) is 0 Å². The number of hydrogen-bond acceptors (Lipinski definition) is 1. The maximum absolute atomic E-state index is 10.9. The van der Waals surface area contributed by atoms with E-state index in [-0.39, 0.29) is 26.2 Å². The van der Waals surface area contributed by atoms with Crippen molar-refractivity contribution in [2.45, 2.75) is 16.6 Å². The van der Waals surface area contributed by atoms with Crippen molar-refractivity contribution in [1.29, 1.82) is 0 Å². The molecule has 2 rings (SSSR count). The van der Waals surface area contributed by atoms with Crippen molar-refractivity contribution in [2.75, 3.05) is 0 Å². The zero-order valence-corrected chi connectivity index (χ0v) is 13.2. The van der Waals surface area contributed by atoms with Gasteiger partial charge in [-0.05, 0) is 0 Å². The van der Waals surface area contributed by atoms with E-state index >= 15 is 0 Å². The van der Waals surface area contributed by atoms with Crippen LogP contribution in [-0.2, 0) is 4.79 Å². The van der Waals surface area contributed by atoms with E-state index in [0.29, 0.717) is 0 Å². The van der Waals surface area contributed by atoms with Crippen molar-refractivity contribution >= 4 is 37.0 Å². The zero-order valence-electron chi connectivity index (χ0n) is 10.8. The minimum atomic E-state index is -0.852. The number of carboxylic acids is 1. The summed E-state index contributed by atoms with van der Waals surface area (Å²) in [6, 6.07) is 20.0. The van der Waals surface area contributed by atoms with Gasteiger partial charge in [-0.25, -0.2) is 0 Å². The van der Waals surface area contributed by atoms with Gasteiger partial charge in [0.05, 0.1) is 0 Å². The Morgan fingerprint density at radius 3 is 2.15 bits per heavy atom. The van der Waals surface area contributed by atoms with E-state index in [4.69, 9.17) is 16.7 Å². The van der Waals surface area contributed by atoms with Crippen LogP contribution < -0.4 is 4.46 Å². The van der Waals surface area contributed by atoms with E-state index in [1.165, 1.54) is 4.46 Å². The van der Waals surface area contributed by atoms with Crippen molar-refractivity contribution in [3.05, 3.63) is 66.2 Å². The molecule has 2 atom stereocenters. The second-order valence-electron chi connectivity index (χ2n) is 4.38. The molecule has 0 aromatic heterocycles. The molecule has 0 radical (unpaired) electrons. The summed E-state index contributed by atoms with van der Waals surface area (Å²) in [7, 11) is 0. The van der Waals surface area contributed by atoms with Gasteiger partial charge in [0.15, 0.2) is 0 Å². The molecular formula is C16H15ClO2Se. The van der Waals surface area contributed by atoms with E-state index in [1.807, 2.05) is 48.5 Å². The molecular weight excluding hydrogens is 339 g/mol. The number of benzene rings is 2. The molecule has 0 aliphatic heterocycles. The van der Waals surface area contributed by atoms with Gasteiger partial charge in [-0.2, -0.15) is 0 Å². The first-order valence-electron chi connectivity index (χ1n) is 6.29. The molecule has 0 heterocycles. The van der Waals surface area contributed by atoms with Crippen molar-refractivity contribution in [2.24, 2.45) is 0 Å². The van der Waals surface area contributed by atoms with Crippen molar-refractivity contribution in [3.8, 4) is 0 Å². The number of alkyl halides is 1. The molecule has 4 heteroatoms. The molecule has 0 fully saturated rings. The summed E-state index contributed by atoms with van der Waals surface area (Å²) in [5.41, 5.74) is 1.11. The third-order valence-electron chi connectivity index (χ3n) is 2.83. The van der Waals surface area contributed by atoms with Crippen molar-refractivity contribution < 1.29 is 9.90 Å². The predicted octanol–water partition coefficient (Wildman–Crippen LogP) is 2.84. The van der Waals surface area contributed by atoms with Crippen LogP contribution >= 0.6 is 11.6 Å². The molecule has 0 saturated heterocycles. The third-order valence-corrected chi connectivity index (χ3v) is 6.51. The second kappa shape index (κ2) is 7.49. The van der Waals surface area contributed by atoms with E-state index in [1.54, 1.807) is 0 Å². The second-order valence-corrected chi connectivity index (χ2v) is 7.49. The van der Waals surface area contributed by atoms with Gasteiger partial charge in [0.2, 0.25) is 0 Å². The fraction of sp³-hybridized carbons (Fsp3) is 0.188. The molecule has 0 amide bonds. The number of carboxylic acid groups (broad SMARTS) is 1. The van der Waals surface area contributed by atoms with E-state index in [0.717, 1.165) is 5.56 Å². The van der Waals surface area contributed by atoms with Gasteiger partial charge < -0.3 is 0 Å². The molecule has 0 bridgehead atoms. The molecule has 0 aliphatic carbocycles. The van der Waals surface area contributed by atoms with Crippen LogP contribution in [0.4, 0.5) is 0 Å². The minimum absolute atomic E-state index is 0.0182. The summed E-state index contributed by atoms with van der Waals surface area (Å²) in [6.07, 6.45) is -0.0182. The number of aliphatic carboxylic acids is 1. The Kier molecular flexibility index (Phi) is 5.66. The van der Waals surface area contributed by atoms with Gasteiger partial charge >= 0.3 is 130 Å².